The molecule has 1 amide bonds. The molecule has 2 rings (SSSR count). The number of hydrogen-bond donors (Lipinski definition) is 1. The molecule has 0 fully saturated rings. The van der Waals surface area contributed by atoms with Crippen molar-refractivity contribution in [3.8, 4) is 0 Å². The Balaban J connectivity index is 2.11. The van der Waals surface area contributed by atoms with Gasteiger partial charge in [0.1, 0.15) is 0 Å². The van der Waals surface area contributed by atoms with E-state index in [1.807, 2.05) is 55.2 Å². The number of benzene rings is 1. The van der Waals surface area contributed by atoms with E-state index in [-0.39, 0.29) is 23.9 Å². The lowest BCUT2D eigenvalue weighted by molar-refractivity contribution is -0.136. The summed E-state index contributed by atoms with van der Waals surface area (Å²) in [6, 6.07) is 7.79. The molecule has 1 aliphatic rings. The molecule has 0 saturated carbocycles. The van der Waals surface area contributed by atoms with E-state index < -0.39 is 0 Å². The first-order chi connectivity index (χ1) is 9.47. The zero-order valence-electron chi connectivity index (χ0n) is 11.9. The van der Waals surface area contributed by atoms with Crippen molar-refractivity contribution in [1.82, 2.24) is 4.90 Å². The maximum atomic E-state index is 12.6. The van der Waals surface area contributed by atoms with Crippen LogP contribution in [0.15, 0.2) is 36.4 Å². The first-order valence-electron chi connectivity index (χ1n) is 6.96. The topological polar surface area (TPSA) is 46.3 Å². The van der Waals surface area contributed by atoms with Crippen molar-refractivity contribution < 1.29 is 4.79 Å². The third-order valence-corrected chi connectivity index (χ3v) is 3.82. The minimum absolute atomic E-state index is 0.00383. The quantitative estimate of drug-likeness (QED) is 0.867. The second-order valence-electron chi connectivity index (χ2n) is 5.58. The lowest BCUT2D eigenvalue weighted by Crippen LogP contribution is -2.40. The number of rotatable bonds is 4. The molecule has 0 spiro atoms. The van der Waals surface area contributed by atoms with Gasteiger partial charge in [0.15, 0.2) is 0 Å². The van der Waals surface area contributed by atoms with E-state index in [1.54, 1.807) is 0 Å². The summed E-state index contributed by atoms with van der Waals surface area (Å²) in [7, 11) is 0. The van der Waals surface area contributed by atoms with Gasteiger partial charge in [-0.05, 0) is 38.0 Å². The molecule has 108 valence electrons. The predicted molar refractivity (Wildman–Crippen MR) is 82.4 cm³/mol. The molecular weight excluding hydrogens is 272 g/mol. The molecule has 20 heavy (non-hydrogen) atoms. The van der Waals surface area contributed by atoms with Gasteiger partial charge in [-0.3, -0.25) is 4.79 Å². The average Bonchev–Trinajstić information content (AvgIpc) is 2.82. The van der Waals surface area contributed by atoms with E-state index in [1.165, 1.54) is 0 Å². The highest BCUT2D eigenvalue weighted by Gasteiger charge is 2.28. The number of hydrogen-bond acceptors (Lipinski definition) is 2. The Morgan fingerprint density at radius 1 is 1.45 bits per heavy atom. The smallest absolute Gasteiger partial charge is 0.230 e. The molecule has 0 aliphatic heterocycles. The fraction of sp³-hybridized carbons (Fsp3) is 0.438. The Bertz CT molecular complexity index is 513. The van der Waals surface area contributed by atoms with Crippen molar-refractivity contribution in [1.29, 1.82) is 0 Å². The molecular formula is C16H21ClN2O. The first-order valence-corrected chi connectivity index (χ1v) is 7.34. The highest BCUT2D eigenvalue weighted by Crippen LogP contribution is 2.22. The fourth-order valence-electron chi connectivity index (χ4n) is 2.47. The second kappa shape index (κ2) is 6.42. The molecule has 2 N–H and O–H groups in total. The Hall–Kier alpha value is -1.32. The van der Waals surface area contributed by atoms with Crippen molar-refractivity contribution in [2.75, 3.05) is 0 Å². The normalized spacial score (nSPS) is 21.4. The van der Waals surface area contributed by atoms with Gasteiger partial charge in [-0.2, -0.15) is 0 Å². The Kier molecular flexibility index (Phi) is 4.84. The fourth-order valence-corrected chi connectivity index (χ4v) is 2.68. The van der Waals surface area contributed by atoms with Crippen molar-refractivity contribution in [3.05, 3.63) is 47.0 Å². The van der Waals surface area contributed by atoms with E-state index in [4.69, 9.17) is 17.3 Å². The number of nitrogens with zero attached hydrogens (tertiary/aromatic N) is 1. The van der Waals surface area contributed by atoms with Crippen molar-refractivity contribution in [2.45, 2.75) is 38.9 Å². The largest absolute Gasteiger partial charge is 0.335 e. The number of nitrogens with two attached hydrogens (primary N) is 1. The maximum Gasteiger partial charge on any atom is 0.230 e. The summed E-state index contributed by atoms with van der Waals surface area (Å²) >= 11 is 6.00. The summed E-state index contributed by atoms with van der Waals surface area (Å²) in [5, 5.41) is 0.696. The van der Waals surface area contributed by atoms with Gasteiger partial charge in [0.2, 0.25) is 5.91 Å². The van der Waals surface area contributed by atoms with E-state index in [0.717, 1.165) is 5.56 Å². The molecule has 1 aromatic rings. The highest BCUT2D eigenvalue weighted by atomic mass is 35.5. The molecule has 1 aromatic carbocycles. The standard InChI is InChI=1S/C16H21ClN2O/c1-11(2)19(10-12-4-3-5-14(17)8-12)16(20)13-6-7-15(18)9-13/h3-8,11,13,15H,9-10,18H2,1-2H3. The van der Waals surface area contributed by atoms with E-state index in [9.17, 15) is 4.79 Å². The van der Waals surface area contributed by atoms with Crippen LogP contribution in [0.25, 0.3) is 0 Å². The van der Waals surface area contributed by atoms with Crippen LogP contribution in [0.5, 0.6) is 0 Å². The lowest BCUT2D eigenvalue weighted by atomic mass is 10.0. The third-order valence-electron chi connectivity index (χ3n) is 3.58. The summed E-state index contributed by atoms with van der Waals surface area (Å²) in [6.07, 6.45) is 4.55. The van der Waals surface area contributed by atoms with Crippen LogP contribution in [-0.4, -0.2) is 22.9 Å². The van der Waals surface area contributed by atoms with Gasteiger partial charge in [0, 0.05) is 23.7 Å². The molecule has 1 aliphatic carbocycles. The predicted octanol–water partition coefficient (Wildman–Crippen LogP) is 2.98. The van der Waals surface area contributed by atoms with Gasteiger partial charge in [0.05, 0.1) is 5.92 Å². The Morgan fingerprint density at radius 2 is 2.20 bits per heavy atom. The number of carbonyl (C=O) groups is 1. The van der Waals surface area contributed by atoms with Gasteiger partial charge in [-0.15, -0.1) is 0 Å². The Labute approximate surface area is 125 Å². The van der Waals surface area contributed by atoms with Gasteiger partial charge < -0.3 is 10.6 Å². The lowest BCUT2D eigenvalue weighted by Gasteiger charge is -2.29. The molecule has 4 heteroatoms. The number of carbonyl (C=O) groups excluding carboxylic acids is 1. The van der Waals surface area contributed by atoms with Crippen molar-refractivity contribution in [3.63, 3.8) is 0 Å². The van der Waals surface area contributed by atoms with Crippen LogP contribution in [0.3, 0.4) is 0 Å². The maximum absolute atomic E-state index is 12.6. The summed E-state index contributed by atoms with van der Waals surface area (Å²) in [4.78, 5) is 14.5. The SMILES string of the molecule is CC(C)N(Cc1cccc(Cl)c1)C(=O)C1C=CC(N)C1. The van der Waals surface area contributed by atoms with Gasteiger partial charge >= 0.3 is 0 Å². The highest BCUT2D eigenvalue weighted by molar-refractivity contribution is 6.30. The Morgan fingerprint density at radius 3 is 2.75 bits per heavy atom. The summed E-state index contributed by atoms with van der Waals surface area (Å²) in [6.45, 7) is 4.64. The molecule has 2 unspecified atom stereocenters. The van der Waals surface area contributed by atoms with Crippen LogP contribution in [0.4, 0.5) is 0 Å². The van der Waals surface area contributed by atoms with E-state index in [0.29, 0.717) is 18.0 Å². The molecule has 0 aromatic heterocycles. The van der Waals surface area contributed by atoms with Crippen LogP contribution < -0.4 is 5.73 Å². The summed E-state index contributed by atoms with van der Waals surface area (Å²) in [5.41, 5.74) is 6.88. The van der Waals surface area contributed by atoms with E-state index in [2.05, 4.69) is 0 Å². The van der Waals surface area contributed by atoms with Crippen LogP contribution in [0, 0.1) is 5.92 Å². The zero-order valence-corrected chi connectivity index (χ0v) is 12.7. The van der Waals surface area contributed by atoms with Crippen LogP contribution >= 0.6 is 11.6 Å². The minimum atomic E-state index is -0.0911. The molecule has 0 heterocycles. The van der Waals surface area contributed by atoms with Gasteiger partial charge in [-0.25, -0.2) is 0 Å². The number of amides is 1. The molecule has 0 bridgehead atoms. The first kappa shape index (κ1) is 15.1. The third kappa shape index (κ3) is 3.62. The van der Waals surface area contributed by atoms with Crippen molar-refractivity contribution >= 4 is 17.5 Å². The molecule has 0 radical (unpaired) electrons. The molecule has 0 saturated heterocycles. The number of halogens is 1. The van der Waals surface area contributed by atoms with Crippen LogP contribution in [-0.2, 0) is 11.3 Å². The minimum Gasteiger partial charge on any atom is -0.335 e. The zero-order chi connectivity index (χ0) is 14.7. The van der Waals surface area contributed by atoms with Gasteiger partial charge in [-0.1, -0.05) is 35.9 Å². The molecule has 2 atom stereocenters. The van der Waals surface area contributed by atoms with Gasteiger partial charge in [0.25, 0.3) is 0 Å². The second-order valence-corrected chi connectivity index (χ2v) is 6.02. The summed E-state index contributed by atoms with van der Waals surface area (Å²) < 4.78 is 0. The molecule has 3 nitrogen and oxygen atoms in total. The van der Waals surface area contributed by atoms with Crippen LogP contribution in [0.1, 0.15) is 25.8 Å². The summed E-state index contributed by atoms with van der Waals surface area (Å²) in [5.74, 6) is 0.0516. The van der Waals surface area contributed by atoms with Crippen molar-refractivity contribution in [2.24, 2.45) is 11.7 Å². The monoisotopic (exact) mass is 292 g/mol. The van der Waals surface area contributed by atoms with E-state index >= 15 is 0 Å². The van der Waals surface area contributed by atoms with Crippen LogP contribution in [0.2, 0.25) is 5.02 Å². The average molecular weight is 293 g/mol.